The lowest BCUT2D eigenvalue weighted by Crippen LogP contribution is -2.51. The summed E-state index contributed by atoms with van der Waals surface area (Å²) in [4.78, 5) is 16.0. The molecular formula is C13H20ClN3O. The van der Waals surface area contributed by atoms with Gasteiger partial charge in [-0.25, -0.2) is 0 Å². The van der Waals surface area contributed by atoms with Gasteiger partial charge in [0.1, 0.15) is 0 Å². The van der Waals surface area contributed by atoms with Crippen molar-refractivity contribution in [2.75, 3.05) is 0 Å². The van der Waals surface area contributed by atoms with Crippen LogP contribution in [0.5, 0.6) is 0 Å². The Morgan fingerprint density at radius 2 is 2.17 bits per heavy atom. The molecule has 0 saturated heterocycles. The second-order valence-corrected chi connectivity index (χ2v) is 4.85. The number of aryl methyl sites for hydroxylation is 1. The number of hydrogen-bond donors (Lipinski definition) is 2. The first-order chi connectivity index (χ1) is 8.12. The van der Waals surface area contributed by atoms with E-state index in [9.17, 15) is 4.79 Å². The van der Waals surface area contributed by atoms with Crippen molar-refractivity contribution < 1.29 is 4.79 Å². The van der Waals surface area contributed by atoms with Crippen LogP contribution < -0.4 is 11.1 Å². The Bertz CT molecular complexity index is 416. The third-order valence-electron chi connectivity index (χ3n) is 3.52. The summed E-state index contributed by atoms with van der Waals surface area (Å²) < 4.78 is 0. The van der Waals surface area contributed by atoms with Crippen LogP contribution >= 0.6 is 12.4 Å². The van der Waals surface area contributed by atoms with Crippen LogP contribution in [0.3, 0.4) is 0 Å². The molecule has 0 spiro atoms. The van der Waals surface area contributed by atoms with Crippen molar-refractivity contribution >= 4 is 18.3 Å². The first-order valence-electron chi connectivity index (χ1n) is 6.08. The number of carbonyl (C=O) groups excluding carboxylic acids is 1. The monoisotopic (exact) mass is 269 g/mol. The molecule has 5 heteroatoms. The van der Waals surface area contributed by atoms with E-state index >= 15 is 0 Å². The van der Waals surface area contributed by atoms with E-state index in [0.717, 1.165) is 36.8 Å². The Kier molecular flexibility index (Phi) is 5.11. The molecule has 0 unspecified atom stereocenters. The van der Waals surface area contributed by atoms with Crippen LogP contribution in [-0.2, 0) is 11.3 Å². The lowest BCUT2D eigenvalue weighted by molar-refractivity contribution is -0.126. The minimum Gasteiger partial charge on any atom is -0.350 e. The van der Waals surface area contributed by atoms with Gasteiger partial charge in [0.15, 0.2) is 0 Å². The molecule has 1 saturated carbocycles. The van der Waals surface area contributed by atoms with Gasteiger partial charge < -0.3 is 11.1 Å². The topological polar surface area (TPSA) is 68.0 Å². The van der Waals surface area contributed by atoms with Gasteiger partial charge in [-0.3, -0.25) is 9.78 Å². The molecule has 1 aliphatic rings. The third kappa shape index (κ3) is 3.21. The lowest BCUT2D eigenvalue weighted by atomic mass is 9.98. The molecule has 1 aromatic rings. The second-order valence-electron chi connectivity index (χ2n) is 4.85. The van der Waals surface area contributed by atoms with Crippen molar-refractivity contribution in [3.63, 3.8) is 0 Å². The maximum atomic E-state index is 12.0. The van der Waals surface area contributed by atoms with Gasteiger partial charge in [-0.15, -0.1) is 12.4 Å². The van der Waals surface area contributed by atoms with Crippen molar-refractivity contribution in [3.8, 4) is 0 Å². The molecule has 1 heterocycles. The van der Waals surface area contributed by atoms with Crippen LogP contribution in [0.15, 0.2) is 18.5 Å². The Morgan fingerprint density at radius 3 is 2.78 bits per heavy atom. The molecule has 0 aromatic carbocycles. The Hall–Kier alpha value is -1.13. The zero-order valence-corrected chi connectivity index (χ0v) is 11.4. The van der Waals surface area contributed by atoms with Crippen LogP contribution in [0.4, 0.5) is 0 Å². The van der Waals surface area contributed by atoms with Crippen LogP contribution in [-0.4, -0.2) is 16.4 Å². The number of halogens is 1. The minimum atomic E-state index is -0.638. The maximum Gasteiger partial charge on any atom is 0.240 e. The molecular weight excluding hydrogens is 250 g/mol. The summed E-state index contributed by atoms with van der Waals surface area (Å²) in [7, 11) is 0. The van der Waals surface area contributed by atoms with Gasteiger partial charge in [0.2, 0.25) is 5.91 Å². The van der Waals surface area contributed by atoms with Crippen molar-refractivity contribution in [1.82, 2.24) is 10.3 Å². The highest BCUT2D eigenvalue weighted by Crippen LogP contribution is 2.27. The van der Waals surface area contributed by atoms with Crippen LogP contribution in [0.1, 0.15) is 36.8 Å². The fraction of sp³-hybridized carbons (Fsp3) is 0.538. The molecule has 1 aromatic heterocycles. The van der Waals surface area contributed by atoms with Gasteiger partial charge in [0.05, 0.1) is 5.54 Å². The molecule has 1 amide bonds. The Balaban J connectivity index is 0.00000162. The number of aromatic nitrogens is 1. The van der Waals surface area contributed by atoms with Gasteiger partial charge in [-0.1, -0.05) is 12.8 Å². The number of amides is 1. The molecule has 18 heavy (non-hydrogen) atoms. The summed E-state index contributed by atoms with van der Waals surface area (Å²) in [5.74, 6) is -0.0220. The standard InChI is InChI=1S/C13H19N3O.ClH/c1-10-8-15-7-4-11(10)9-16-12(17)13(14)5-2-3-6-13;/h4,7-8H,2-3,5-6,9,14H2,1H3,(H,16,17);1H. The number of pyridine rings is 1. The van der Waals surface area contributed by atoms with E-state index in [1.165, 1.54) is 0 Å². The molecule has 100 valence electrons. The molecule has 0 bridgehead atoms. The van der Waals surface area contributed by atoms with E-state index in [4.69, 9.17) is 5.73 Å². The van der Waals surface area contributed by atoms with Crippen molar-refractivity contribution in [2.24, 2.45) is 5.73 Å². The first kappa shape index (κ1) is 14.9. The summed E-state index contributed by atoms with van der Waals surface area (Å²) in [6.45, 7) is 2.52. The predicted molar refractivity (Wildman–Crippen MR) is 73.5 cm³/mol. The van der Waals surface area contributed by atoms with E-state index in [1.54, 1.807) is 12.4 Å². The number of rotatable bonds is 3. The largest absolute Gasteiger partial charge is 0.350 e. The zero-order chi connectivity index (χ0) is 12.3. The molecule has 3 N–H and O–H groups in total. The maximum absolute atomic E-state index is 12.0. The molecule has 1 aliphatic carbocycles. The number of nitrogens with two attached hydrogens (primary N) is 1. The number of hydrogen-bond acceptors (Lipinski definition) is 3. The molecule has 0 aliphatic heterocycles. The second kappa shape index (κ2) is 6.16. The average Bonchev–Trinajstić information content (AvgIpc) is 2.76. The summed E-state index contributed by atoms with van der Waals surface area (Å²) in [6, 6.07) is 1.92. The molecule has 0 radical (unpaired) electrons. The van der Waals surface area contributed by atoms with E-state index in [0.29, 0.717) is 6.54 Å². The summed E-state index contributed by atoms with van der Waals surface area (Å²) in [5, 5.41) is 2.93. The highest BCUT2D eigenvalue weighted by atomic mass is 35.5. The van der Waals surface area contributed by atoms with Crippen molar-refractivity contribution in [3.05, 3.63) is 29.6 Å². The van der Waals surface area contributed by atoms with Gasteiger partial charge in [-0.2, -0.15) is 0 Å². The van der Waals surface area contributed by atoms with E-state index in [1.807, 2.05) is 13.0 Å². The van der Waals surface area contributed by atoms with E-state index < -0.39 is 5.54 Å². The normalized spacial score (nSPS) is 17.0. The highest BCUT2D eigenvalue weighted by molar-refractivity contribution is 5.86. The van der Waals surface area contributed by atoms with E-state index in [2.05, 4.69) is 10.3 Å². The summed E-state index contributed by atoms with van der Waals surface area (Å²) >= 11 is 0. The van der Waals surface area contributed by atoms with Crippen molar-refractivity contribution in [2.45, 2.75) is 44.7 Å². The number of nitrogens with one attached hydrogen (secondary N) is 1. The molecule has 0 atom stereocenters. The van der Waals surface area contributed by atoms with Crippen LogP contribution in [0.2, 0.25) is 0 Å². The van der Waals surface area contributed by atoms with Gasteiger partial charge in [0.25, 0.3) is 0 Å². The van der Waals surface area contributed by atoms with Crippen LogP contribution in [0, 0.1) is 6.92 Å². The highest BCUT2D eigenvalue weighted by Gasteiger charge is 2.36. The van der Waals surface area contributed by atoms with Crippen LogP contribution in [0.25, 0.3) is 0 Å². The average molecular weight is 270 g/mol. The van der Waals surface area contributed by atoms with Crippen molar-refractivity contribution in [1.29, 1.82) is 0 Å². The SMILES string of the molecule is Cc1cnccc1CNC(=O)C1(N)CCCC1.Cl. The first-order valence-corrected chi connectivity index (χ1v) is 6.08. The quantitative estimate of drug-likeness (QED) is 0.878. The van der Waals surface area contributed by atoms with E-state index in [-0.39, 0.29) is 18.3 Å². The molecule has 2 rings (SSSR count). The lowest BCUT2D eigenvalue weighted by Gasteiger charge is -2.22. The summed E-state index contributed by atoms with van der Waals surface area (Å²) in [6.07, 6.45) is 7.25. The van der Waals surface area contributed by atoms with Gasteiger partial charge in [0, 0.05) is 18.9 Å². The summed E-state index contributed by atoms with van der Waals surface area (Å²) in [5.41, 5.74) is 7.62. The number of nitrogens with zero attached hydrogens (tertiary/aromatic N) is 1. The van der Waals surface area contributed by atoms with Gasteiger partial charge in [-0.05, 0) is 37.0 Å². The minimum absolute atomic E-state index is 0. The smallest absolute Gasteiger partial charge is 0.240 e. The fourth-order valence-electron chi connectivity index (χ4n) is 2.29. The number of carbonyl (C=O) groups is 1. The fourth-order valence-corrected chi connectivity index (χ4v) is 2.29. The van der Waals surface area contributed by atoms with Gasteiger partial charge >= 0.3 is 0 Å². The zero-order valence-electron chi connectivity index (χ0n) is 10.6. The Morgan fingerprint density at radius 1 is 1.50 bits per heavy atom. The molecule has 4 nitrogen and oxygen atoms in total. The third-order valence-corrected chi connectivity index (χ3v) is 3.52. The Labute approximate surface area is 114 Å². The molecule has 1 fully saturated rings. The predicted octanol–water partition coefficient (Wildman–Crippen LogP) is 1.70.